The summed E-state index contributed by atoms with van der Waals surface area (Å²) in [6.07, 6.45) is 3.38. The van der Waals surface area contributed by atoms with Crippen LogP contribution in [0.25, 0.3) is 90.5 Å². The van der Waals surface area contributed by atoms with Crippen LogP contribution in [0.15, 0.2) is 218 Å². The molecule has 0 fully saturated rings. The molecule has 0 spiro atoms. The molecule has 546 valence electrons. The molecule has 2 aliphatic carbocycles. The van der Waals surface area contributed by atoms with Crippen molar-refractivity contribution in [2.45, 2.75) is 65.2 Å². The maximum atomic E-state index is 12.5. The van der Waals surface area contributed by atoms with Gasteiger partial charge in [0.2, 0.25) is 0 Å². The van der Waals surface area contributed by atoms with Crippen LogP contribution in [0.2, 0.25) is 0 Å². The summed E-state index contributed by atoms with van der Waals surface area (Å²) < 4.78 is 25.3. The molecule has 8 nitrogen and oxygen atoms in total. The van der Waals surface area contributed by atoms with Gasteiger partial charge in [0.05, 0.1) is 28.4 Å². The van der Waals surface area contributed by atoms with E-state index in [0.717, 1.165) is 164 Å². The average molecular weight is 1590 g/mol. The number of rotatable bonds is 13. The molecule has 8 aromatic carbocycles. The molecular formula is C94H74O8S8. The first kappa shape index (κ1) is 71.4. The number of ether oxygens (including phenoxy) is 4. The Hall–Kier alpha value is -10.2. The Kier molecular flexibility index (Phi) is 19.4. The van der Waals surface area contributed by atoms with Crippen molar-refractivity contribution in [1.29, 1.82) is 0 Å². The van der Waals surface area contributed by atoms with Crippen molar-refractivity contribution >= 4 is 90.7 Å². The van der Waals surface area contributed by atoms with E-state index in [1.807, 2.05) is 0 Å². The van der Waals surface area contributed by atoms with Crippen LogP contribution in [0.5, 0.6) is 46.0 Å². The summed E-state index contributed by atoms with van der Waals surface area (Å²) in [4.78, 5) is 19.0. The zero-order valence-corrected chi connectivity index (χ0v) is 67.7. The van der Waals surface area contributed by atoms with E-state index in [1.165, 1.54) is 48.8 Å². The van der Waals surface area contributed by atoms with Gasteiger partial charge in [0.25, 0.3) is 0 Å². The van der Waals surface area contributed by atoms with Crippen molar-refractivity contribution in [1.82, 2.24) is 0 Å². The van der Waals surface area contributed by atoms with Gasteiger partial charge in [0, 0.05) is 129 Å². The second-order valence-electron chi connectivity index (χ2n) is 28.2. The van der Waals surface area contributed by atoms with Gasteiger partial charge >= 0.3 is 0 Å². The fraction of sp³-hybridized carbons (Fsp3) is 0.149. The van der Waals surface area contributed by atoms with Crippen LogP contribution >= 0.6 is 90.7 Å². The molecule has 0 unspecified atom stereocenters. The lowest BCUT2D eigenvalue weighted by Gasteiger charge is -2.20. The molecule has 16 heteroatoms. The maximum Gasteiger partial charge on any atom is 0.125 e. The summed E-state index contributed by atoms with van der Waals surface area (Å²) >= 11 is 14.2. The second kappa shape index (κ2) is 29.9. The van der Waals surface area contributed by atoms with Gasteiger partial charge in [-0.3, -0.25) is 0 Å². The number of aryl methyl sites for hydroxylation is 2. The first-order chi connectivity index (χ1) is 53.7. The number of phenolic OH excluding ortho intramolecular Hbond substituents is 4. The Morgan fingerprint density at radius 3 is 0.518 bits per heavy atom. The molecule has 0 saturated heterocycles. The van der Waals surface area contributed by atoms with Gasteiger partial charge in [-0.05, 0) is 271 Å². The van der Waals surface area contributed by atoms with Crippen molar-refractivity contribution in [2.75, 3.05) is 28.4 Å². The van der Waals surface area contributed by atoms with Gasteiger partial charge in [-0.15, -0.1) is 90.7 Å². The predicted molar refractivity (Wildman–Crippen MR) is 462 cm³/mol. The number of fused-ring (bicyclic) bond motifs is 16. The number of hydrogen-bond acceptors (Lipinski definition) is 16. The third-order valence-corrected chi connectivity index (χ3v) is 30.8. The van der Waals surface area contributed by atoms with E-state index >= 15 is 0 Å². The molecule has 8 heterocycles. The third kappa shape index (κ3) is 13.8. The van der Waals surface area contributed by atoms with E-state index in [9.17, 15) is 20.4 Å². The Labute approximate surface area is 671 Å². The summed E-state index contributed by atoms with van der Waals surface area (Å²) in [5.74, 6) is 3.95. The van der Waals surface area contributed by atoms with Crippen molar-refractivity contribution in [3.05, 3.63) is 317 Å². The lowest BCUT2D eigenvalue weighted by Crippen LogP contribution is -2.04. The van der Waals surface area contributed by atoms with Crippen molar-refractivity contribution < 1.29 is 39.4 Å². The highest BCUT2D eigenvalue weighted by Crippen LogP contribution is 2.51. The van der Waals surface area contributed by atoms with Crippen LogP contribution in [-0.4, -0.2) is 48.9 Å². The molecule has 16 aromatic rings. The van der Waals surface area contributed by atoms with E-state index in [1.54, 1.807) is 119 Å². The van der Waals surface area contributed by atoms with Crippen molar-refractivity contribution in [3.8, 4) is 137 Å². The highest BCUT2D eigenvalue weighted by atomic mass is 32.1. The van der Waals surface area contributed by atoms with Crippen LogP contribution in [0, 0.1) is 13.8 Å². The van der Waals surface area contributed by atoms with Gasteiger partial charge in [0.15, 0.2) is 0 Å². The van der Waals surface area contributed by atoms with Crippen LogP contribution in [0.3, 0.4) is 0 Å². The van der Waals surface area contributed by atoms with E-state index in [2.05, 4.69) is 232 Å². The van der Waals surface area contributed by atoms with Gasteiger partial charge < -0.3 is 39.4 Å². The van der Waals surface area contributed by atoms with Gasteiger partial charge in [-0.2, -0.15) is 0 Å². The molecule has 0 saturated carbocycles. The minimum Gasteiger partial charge on any atom is -0.507 e. The van der Waals surface area contributed by atoms with E-state index in [0.29, 0.717) is 51.4 Å². The summed E-state index contributed by atoms with van der Waals surface area (Å²) in [5.41, 5.74) is 18.1. The predicted octanol–water partition coefficient (Wildman–Crippen LogP) is 26.0. The largest absolute Gasteiger partial charge is 0.507 e. The number of phenols is 4. The first-order valence-electron chi connectivity index (χ1n) is 36.4. The van der Waals surface area contributed by atoms with E-state index in [4.69, 9.17) is 18.9 Å². The monoisotopic (exact) mass is 1590 g/mol. The Morgan fingerprint density at radius 1 is 0.200 bits per heavy atom. The second-order valence-corrected chi connectivity index (χ2v) is 37.3. The summed E-state index contributed by atoms with van der Waals surface area (Å²) in [7, 11) is 6.85. The minimum absolute atomic E-state index is 0.247. The third-order valence-electron chi connectivity index (χ3n) is 21.1. The van der Waals surface area contributed by atoms with Gasteiger partial charge in [-0.25, -0.2) is 0 Å². The number of methoxy groups -OCH3 is 4. The Bertz CT molecular complexity index is 5650. The fourth-order valence-electron chi connectivity index (χ4n) is 15.9. The summed E-state index contributed by atoms with van der Waals surface area (Å²) in [6.45, 7) is 4.28. The molecule has 0 radical (unpaired) electrons. The van der Waals surface area contributed by atoms with Crippen molar-refractivity contribution in [3.63, 3.8) is 0 Å². The topological polar surface area (TPSA) is 118 Å². The molecule has 0 aliphatic heterocycles. The van der Waals surface area contributed by atoms with Crippen molar-refractivity contribution in [2.24, 2.45) is 0 Å². The highest BCUT2D eigenvalue weighted by Gasteiger charge is 2.27. The summed E-state index contributed by atoms with van der Waals surface area (Å²) in [5, 5.41) is 49.7. The quantitative estimate of drug-likeness (QED) is 0.0902. The number of benzene rings is 8. The maximum absolute atomic E-state index is 12.5. The molecule has 16 bridgehead atoms. The number of para-hydroxylation sites is 4. The lowest BCUT2D eigenvalue weighted by molar-refractivity contribution is 0.404. The lowest BCUT2D eigenvalue weighted by atomic mass is 9.89. The highest BCUT2D eigenvalue weighted by molar-refractivity contribution is 7.29. The zero-order valence-electron chi connectivity index (χ0n) is 61.1. The number of aromatic hydroxyl groups is 4. The minimum atomic E-state index is 0.247. The molecule has 0 amide bonds. The fourth-order valence-corrected chi connectivity index (χ4v) is 24.1. The molecular weight excluding hydrogens is 1510 g/mol. The number of hydrogen-bond donors (Lipinski definition) is 4. The Morgan fingerprint density at radius 2 is 0.355 bits per heavy atom. The molecule has 2 aliphatic rings. The van der Waals surface area contributed by atoms with Crippen LogP contribution < -0.4 is 18.9 Å². The molecule has 0 atom stereocenters. The zero-order chi connectivity index (χ0) is 75.0. The summed E-state index contributed by atoms with van der Waals surface area (Å²) in [6, 6.07) is 77.3. The van der Waals surface area contributed by atoms with Gasteiger partial charge in [0.1, 0.15) is 46.0 Å². The SMILES string of the molecule is COc1c2cccc1Cc1cc(-c3ccc(-c4ccc(-c5ccc(-c6ccc(-c7cc8c(O)c(c7)Cc7cccc(c7OC)Cc7cc(-c9ccc(-c%10ccc(C)s%10)s9)cc(c7O)Cc7cccc(c7OC)C8)s6)s5)s4)s3)cc(c1O)Cc1cccc(c1OC)Cc1cc(-c3ccc(-c4ccc(C)s4)s3)cc(c1O)C2. The van der Waals surface area contributed by atoms with Gasteiger partial charge in [-0.1, -0.05) is 72.8 Å². The van der Waals surface area contributed by atoms with Crippen LogP contribution in [0.4, 0.5) is 0 Å². The number of thiophene rings is 8. The normalized spacial score (nSPS) is 12.7. The first-order valence-corrected chi connectivity index (χ1v) is 42.9. The average Bonchev–Trinajstić information content (AvgIpc) is 0.998. The molecule has 18 rings (SSSR count). The smallest absolute Gasteiger partial charge is 0.125 e. The van der Waals surface area contributed by atoms with E-state index < -0.39 is 0 Å². The Balaban J connectivity index is 0.629. The molecule has 110 heavy (non-hydrogen) atoms. The molecule has 8 aromatic heterocycles. The van der Waals surface area contributed by atoms with Crippen LogP contribution in [0.1, 0.15) is 98.8 Å². The molecule has 4 N–H and O–H groups in total. The standard InChI is InChI=1S/C94H74O8S8/c1-51-19-21-77(103-51)79-27-23-73(105-79)61-43-65-35-53-11-7-15-57(91(53)99-3)39-69-47-63(48-70(89(69)97)40-58-16-8-12-54(92(58)100-4)36-66(44-61)87(65)95)75-25-29-81(107-75)83-31-33-85(109-83)86-34-32-84(110-86)82-30-26-76(108-82)64-49-71-41-59-17-9-13-55(93(59)101-5)37-67-45-62(74-24-28-80(106-74)78-22-20-52(2)104-78)46-68(88(67)96)38-56-14-10-18-60(94(56)102-6)42-72(50-64)90(71)98/h7-34,43-50,95-98H,35-42H2,1-6H3. The van der Waals surface area contributed by atoms with Crippen LogP contribution in [-0.2, 0) is 51.4 Å². The van der Waals surface area contributed by atoms with E-state index in [-0.39, 0.29) is 23.0 Å².